The molecule has 6 nitrogen and oxygen atoms in total. The van der Waals surface area contributed by atoms with E-state index in [0.29, 0.717) is 30.3 Å². The van der Waals surface area contributed by atoms with E-state index in [4.69, 9.17) is 16.3 Å². The Kier molecular flexibility index (Phi) is 6.33. The number of hydrogen-bond acceptors (Lipinski definition) is 4. The van der Waals surface area contributed by atoms with Crippen LogP contribution in [0.3, 0.4) is 0 Å². The molecule has 2 atom stereocenters. The molecule has 3 aromatic rings. The lowest BCUT2D eigenvalue weighted by Gasteiger charge is -2.32. The van der Waals surface area contributed by atoms with Crippen LogP contribution in [0, 0.1) is 12.8 Å². The van der Waals surface area contributed by atoms with Crippen LogP contribution in [0.2, 0.25) is 5.15 Å². The molecule has 2 heterocycles. The molecule has 0 bridgehead atoms. The molecule has 1 amide bonds. The van der Waals surface area contributed by atoms with Gasteiger partial charge in [-0.25, -0.2) is 4.98 Å². The van der Waals surface area contributed by atoms with Crippen molar-refractivity contribution < 1.29 is 19.4 Å². The van der Waals surface area contributed by atoms with Gasteiger partial charge >= 0.3 is 5.97 Å². The van der Waals surface area contributed by atoms with Gasteiger partial charge in [0.05, 0.1) is 5.92 Å². The Morgan fingerprint density at radius 1 is 1.19 bits per heavy atom. The first-order chi connectivity index (χ1) is 15.3. The van der Waals surface area contributed by atoms with Gasteiger partial charge in [-0.15, -0.1) is 0 Å². The third-order valence-corrected chi connectivity index (χ3v) is 6.29. The summed E-state index contributed by atoms with van der Waals surface area (Å²) in [6.07, 6.45) is 2.29. The lowest BCUT2D eigenvalue weighted by atomic mass is 9.97. The van der Waals surface area contributed by atoms with Crippen LogP contribution in [0.25, 0.3) is 21.9 Å². The Balaban J connectivity index is 1.58. The predicted octanol–water partition coefficient (Wildman–Crippen LogP) is 4.95. The molecule has 0 radical (unpaired) electrons. The van der Waals surface area contributed by atoms with E-state index in [1.54, 1.807) is 24.1 Å². The molecule has 7 heteroatoms. The maximum absolute atomic E-state index is 12.8. The highest BCUT2D eigenvalue weighted by Gasteiger charge is 2.31. The summed E-state index contributed by atoms with van der Waals surface area (Å²) in [5, 5.41) is 11.3. The highest BCUT2D eigenvalue weighted by molar-refractivity contribution is 6.34. The highest BCUT2D eigenvalue weighted by Crippen LogP contribution is 2.35. The van der Waals surface area contributed by atoms with Crippen LogP contribution in [0.5, 0.6) is 5.75 Å². The lowest BCUT2D eigenvalue weighted by molar-refractivity contribution is -0.147. The van der Waals surface area contributed by atoms with Crippen LogP contribution in [-0.2, 0) is 9.59 Å². The molecule has 0 spiro atoms. The van der Waals surface area contributed by atoms with Crippen molar-refractivity contribution >= 4 is 34.2 Å². The van der Waals surface area contributed by atoms with Crippen molar-refractivity contribution in [3.8, 4) is 16.9 Å². The van der Waals surface area contributed by atoms with Gasteiger partial charge in [-0.3, -0.25) is 9.59 Å². The van der Waals surface area contributed by atoms with E-state index in [0.717, 1.165) is 27.5 Å². The smallest absolute Gasteiger partial charge is 0.308 e. The minimum absolute atomic E-state index is 0.214. The number of carboxylic acids is 1. The molecule has 4 rings (SSSR count). The second kappa shape index (κ2) is 9.17. The molecule has 1 aliphatic rings. The largest absolute Gasteiger partial charge is 0.481 e. The molecule has 1 N–H and O–H groups in total. The molecule has 1 aliphatic heterocycles. The van der Waals surface area contributed by atoms with Crippen LogP contribution in [0.4, 0.5) is 0 Å². The summed E-state index contributed by atoms with van der Waals surface area (Å²) < 4.78 is 5.93. The van der Waals surface area contributed by atoms with Crippen molar-refractivity contribution in [3.05, 3.63) is 59.4 Å². The topological polar surface area (TPSA) is 79.7 Å². The average molecular weight is 453 g/mol. The monoisotopic (exact) mass is 452 g/mol. The van der Waals surface area contributed by atoms with Crippen molar-refractivity contribution in [2.24, 2.45) is 5.92 Å². The fourth-order valence-electron chi connectivity index (χ4n) is 4.24. The van der Waals surface area contributed by atoms with E-state index < -0.39 is 18.0 Å². The number of carbonyl (C=O) groups excluding carboxylic acids is 1. The number of hydrogen-bond donors (Lipinski definition) is 1. The van der Waals surface area contributed by atoms with E-state index in [1.165, 1.54) is 0 Å². The average Bonchev–Trinajstić information content (AvgIpc) is 2.80. The minimum Gasteiger partial charge on any atom is -0.481 e. The Bertz CT molecular complexity index is 1180. The number of amides is 1. The quantitative estimate of drug-likeness (QED) is 0.554. The lowest BCUT2D eigenvalue weighted by Crippen LogP contribution is -2.47. The summed E-state index contributed by atoms with van der Waals surface area (Å²) in [6.45, 7) is 4.50. The van der Waals surface area contributed by atoms with Gasteiger partial charge in [0, 0.05) is 30.2 Å². The highest BCUT2D eigenvalue weighted by atomic mass is 35.5. The van der Waals surface area contributed by atoms with Gasteiger partial charge in [0.15, 0.2) is 6.10 Å². The van der Waals surface area contributed by atoms with E-state index in [-0.39, 0.29) is 12.5 Å². The molecule has 166 valence electrons. The van der Waals surface area contributed by atoms with Crippen molar-refractivity contribution in [1.29, 1.82) is 0 Å². The van der Waals surface area contributed by atoms with E-state index in [1.807, 2.05) is 30.3 Å². The van der Waals surface area contributed by atoms with Gasteiger partial charge in [0.1, 0.15) is 10.9 Å². The fraction of sp³-hybridized carbons (Fsp3) is 0.320. The first kappa shape index (κ1) is 22.1. The number of carboxylic acid groups (broad SMARTS) is 1. The van der Waals surface area contributed by atoms with Crippen molar-refractivity contribution in [1.82, 2.24) is 9.88 Å². The molecule has 0 saturated carbocycles. The second-order valence-electron chi connectivity index (χ2n) is 8.21. The van der Waals surface area contributed by atoms with Crippen LogP contribution < -0.4 is 4.74 Å². The number of aryl methyl sites for hydroxylation is 1. The molecule has 1 aromatic heterocycles. The van der Waals surface area contributed by atoms with Gasteiger partial charge in [0.25, 0.3) is 5.91 Å². The van der Waals surface area contributed by atoms with E-state index in [2.05, 4.69) is 18.0 Å². The standard InChI is InChI=1S/C25H25ClN2O4/c1-15-6-3-4-8-19(15)22-13-27-23(26)21-12-18(9-10-20(21)22)32-16(2)24(29)28-11-5-7-17(14-28)25(30)31/h3-4,6,8-10,12-13,16-17H,5,7,11,14H2,1-2H3,(H,30,31)/t16-,17+/m1/s1. The summed E-state index contributed by atoms with van der Waals surface area (Å²) in [6, 6.07) is 13.6. The number of likely N-dealkylation sites (tertiary alicyclic amines) is 1. The number of ether oxygens (including phenoxy) is 1. The number of benzene rings is 2. The minimum atomic E-state index is -0.864. The maximum Gasteiger partial charge on any atom is 0.308 e. The Morgan fingerprint density at radius 3 is 2.72 bits per heavy atom. The number of aliphatic carboxylic acids is 1. The number of aromatic nitrogens is 1. The second-order valence-corrected chi connectivity index (χ2v) is 8.56. The number of pyridine rings is 1. The van der Waals surface area contributed by atoms with Crippen molar-refractivity contribution in [3.63, 3.8) is 0 Å². The SMILES string of the molecule is Cc1ccccc1-c1cnc(Cl)c2cc(O[C@H](C)C(=O)N3CCC[C@H](C(=O)O)C3)ccc12. The number of fused-ring (bicyclic) bond motifs is 1. The Morgan fingerprint density at radius 2 is 1.97 bits per heavy atom. The van der Waals surface area contributed by atoms with E-state index in [9.17, 15) is 14.7 Å². The zero-order chi connectivity index (χ0) is 22.8. The Hall–Kier alpha value is -3.12. The molecule has 32 heavy (non-hydrogen) atoms. The first-order valence-electron chi connectivity index (χ1n) is 10.7. The van der Waals surface area contributed by atoms with Crippen molar-refractivity contribution in [2.75, 3.05) is 13.1 Å². The zero-order valence-electron chi connectivity index (χ0n) is 18.0. The third kappa shape index (κ3) is 4.41. The first-order valence-corrected chi connectivity index (χ1v) is 11.1. The predicted molar refractivity (Wildman–Crippen MR) is 124 cm³/mol. The summed E-state index contributed by atoms with van der Waals surface area (Å²) in [7, 11) is 0. The normalized spacial score (nSPS) is 17.2. The van der Waals surface area contributed by atoms with Gasteiger partial charge in [-0.05, 0) is 61.4 Å². The van der Waals surface area contributed by atoms with Crippen LogP contribution in [0.1, 0.15) is 25.3 Å². The van der Waals surface area contributed by atoms with Crippen LogP contribution in [0.15, 0.2) is 48.7 Å². The van der Waals surface area contributed by atoms with Gasteiger partial charge in [0.2, 0.25) is 0 Å². The molecular formula is C25H25ClN2O4. The summed E-state index contributed by atoms with van der Waals surface area (Å²) in [5.41, 5.74) is 3.20. The van der Waals surface area contributed by atoms with E-state index >= 15 is 0 Å². The molecule has 1 fully saturated rings. The number of piperidine rings is 1. The maximum atomic E-state index is 12.8. The fourth-order valence-corrected chi connectivity index (χ4v) is 4.45. The Labute approximate surface area is 191 Å². The zero-order valence-corrected chi connectivity index (χ0v) is 18.8. The number of halogens is 1. The number of nitrogens with zero attached hydrogens (tertiary/aromatic N) is 2. The third-order valence-electron chi connectivity index (χ3n) is 5.99. The summed E-state index contributed by atoms with van der Waals surface area (Å²) in [4.78, 5) is 30.1. The molecule has 1 saturated heterocycles. The summed E-state index contributed by atoms with van der Waals surface area (Å²) in [5.74, 6) is -1.09. The number of rotatable bonds is 5. The molecule has 2 aromatic carbocycles. The van der Waals surface area contributed by atoms with Crippen LogP contribution in [-0.4, -0.2) is 46.1 Å². The number of carbonyl (C=O) groups is 2. The van der Waals surface area contributed by atoms with Crippen molar-refractivity contribution in [2.45, 2.75) is 32.8 Å². The molecule has 0 aliphatic carbocycles. The van der Waals surface area contributed by atoms with Gasteiger partial charge in [-0.1, -0.05) is 35.9 Å². The van der Waals surface area contributed by atoms with Crippen LogP contribution >= 0.6 is 11.6 Å². The van der Waals surface area contributed by atoms with Gasteiger partial charge < -0.3 is 14.7 Å². The van der Waals surface area contributed by atoms with Gasteiger partial charge in [-0.2, -0.15) is 0 Å². The molecule has 0 unspecified atom stereocenters. The summed E-state index contributed by atoms with van der Waals surface area (Å²) >= 11 is 6.40. The molecular weight excluding hydrogens is 428 g/mol.